The summed E-state index contributed by atoms with van der Waals surface area (Å²) < 4.78 is 5.74. The van der Waals surface area contributed by atoms with Crippen LogP contribution in [0.1, 0.15) is 13.8 Å². The summed E-state index contributed by atoms with van der Waals surface area (Å²) in [4.78, 5) is 4.45. The number of anilines is 2. The highest BCUT2D eigenvalue weighted by Gasteiger charge is 2.06. The quantitative estimate of drug-likeness (QED) is 0.581. The Morgan fingerprint density at radius 2 is 2.00 bits per heavy atom. The van der Waals surface area contributed by atoms with Gasteiger partial charge in [-0.2, -0.15) is 0 Å². The molecule has 0 spiro atoms. The van der Waals surface area contributed by atoms with Gasteiger partial charge in [0.15, 0.2) is 0 Å². The van der Waals surface area contributed by atoms with Gasteiger partial charge in [0, 0.05) is 23.3 Å². The summed E-state index contributed by atoms with van der Waals surface area (Å²) in [6, 6.07) is 15.8. The van der Waals surface area contributed by atoms with Crippen LogP contribution in [0.5, 0.6) is 5.75 Å². The molecule has 0 unspecified atom stereocenters. The molecular weight excluding hydrogens is 320 g/mol. The Kier molecular flexibility index (Phi) is 5.02. The molecule has 3 aromatic rings. The summed E-state index contributed by atoms with van der Waals surface area (Å²) in [6.07, 6.45) is 3.81. The Bertz CT molecular complexity index is 880. The first kappa shape index (κ1) is 16.3. The Hall–Kier alpha value is -2.52. The third-order valence-electron chi connectivity index (χ3n) is 3.60. The first-order chi connectivity index (χ1) is 11.6. The number of rotatable bonds is 5. The second kappa shape index (κ2) is 7.37. The fourth-order valence-corrected chi connectivity index (χ4v) is 2.52. The van der Waals surface area contributed by atoms with Crippen molar-refractivity contribution in [1.29, 1.82) is 0 Å². The summed E-state index contributed by atoms with van der Waals surface area (Å²) in [5.74, 6) is 1.46. The molecule has 0 aliphatic heterocycles. The predicted octanol–water partition coefficient (Wildman–Crippen LogP) is 5.98. The van der Waals surface area contributed by atoms with Crippen molar-refractivity contribution in [3.63, 3.8) is 0 Å². The van der Waals surface area contributed by atoms with Crippen molar-refractivity contribution in [2.24, 2.45) is 0 Å². The van der Waals surface area contributed by atoms with Crippen LogP contribution in [-0.4, -0.2) is 11.6 Å². The number of fused-ring (bicyclic) bond motifs is 1. The lowest BCUT2D eigenvalue weighted by molar-refractivity contribution is 0.362. The van der Waals surface area contributed by atoms with Gasteiger partial charge in [0.2, 0.25) is 0 Å². The van der Waals surface area contributed by atoms with Crippen LogP contribution in [0.15, 0.2) is 66.4 Å². The van der Waals surface area contributed by atoms with Crippen LogP contribution in [0.4, 0.5) is 11.5 Å². The third kappa shape index (κ3) is 3.87. The van der Waals surface area contributed by atoms with Gasteiger partial charge >= 0.3 is 0 Å². The van der Waals surface area contributed by atoms with Crippen molar-refractivity contribution in [3.8, 4) is 5.75 Å². The molecule has 0 atom stereocenters. The first-order valence-corrected chi connectivity index (χ1v) is 8.18. The number of hydrogen-bond acceptors (Lipinski definition) is 3. The fourth-order valence-electron chi connectivity index (χ4n) is 2.35. The van der Waals surface area contributed by atoms with E-state index in [1.54, 1.807) is 6.20 Å². The fraction of sp³-hybridized carbons (Fsp3) is 0.150. The Morgan fingerprint density at radius 3 is 2.83 bits per heavy atom. The van der Waals surface area contributed by atoms with Crippen molar-refractivity contribution >= 4 is 33.9 Å². The molecule has 1 heterocycles. The number of aromatic nitrogens is 1. The zero-order valence-electron chi connectivity index (χ0n) is 13.7. The third-order valence-corrected chi connectivity index (χ3v) is 3.91. The molecule has 3 nitrogen and oxygen atoms in total. The minimum Gasteiger partial charge on any atom is -0.488 e. The molecule has 0 aliphatic rings. The average Bonchev–Trinajstić information content (AvgIpc) is 2.58. The summed E-state index contributed by atoms with van der Waals surface area (Å²) in [5, 5.41) is 6.15. The molecule has 4 heteroatoms. The number of hydrogen-bond donors (Lipinski definition) is 1. The zero-order chi connectivity index (χ0) is 16.9. The number of pyridine rings is 1. The standard InChI is InChI=1S/C20H19ClN2O/c1-14(2)10-12-24-19-13-16(7-8-18(19)21)23-20-17-6-4-3-5-15(17)9-11-22-20/h3-11,13H,12H2,1-2H3,(H,22,23). The van der Waals surface area contributed by atoms with Gasteiger partial charge in [0.05, 0.1) is 5.02 Å². The van der Waals surface area contributed by atoms with Crippen LogP contribution < -0.4 is 10.1 Å². The van der Waals surface area contributed by atoms with E-state index in [1.165, 1.54) is 5.57 Å². The number of halogens is 1. The summed E-state index contributed by atoms with van der Waals surface area (Å²) >= 11 is 6.22. The molecule has 24 heavy (non-hydrogen) atoms. The lowest BCUT2D eigenvalue weighted by Gasteiger charge is -2.12. The van der Waals surface area contributed by atoms with Crippen LogP contribution in [0.25, 0.3) is 10.8 Å². The zero-order valence-corrected chi connectivity index (χ0v) is 14.5. The highest BCUT2D eigenvalue weighted by Crippen LogP contribution is 2.30. The van der Waals surface area contributed by atoms with Gasteiger partial charge in [-0.1, -0.05) is 41.4 Å². The van der Waals surface area contributed by atoms with E-state index in [4.69, 9.17) is 16.3 Å². The van der Waals surface area contributed by atoms with Crippen molar-refractivity contribution in [1.82, 2.24) is 4.98 Å². The molecule has 3 rings (SSSR count). The molecule has 0 bridgehead atoms. The van der Waals surface area contributed by atoms with E-state index in [2.05, 4.69) is 16.4 Å². The molecule has 0 saturated carbocycles. The number of benzene rings is 2. The molecule has 0 fully saturated rings. The summed E-state index contributed by atoms with van der Waals surface area (Å²) in [5.41, 5.74) is 2.09. The normalized spacial score (nSPS) is 10.5. The maximum absolute atomic E-state index is 6.22. The van der Waals surface area contributed by atoms with Crippen LogP contribution in [-0.2, 0) is 0 Å². The minimum absolute atomic E-state index is 0.498. The predicted molar refractivity (Wildman–Crippen MR) is 101 cm³/mol. The molecular formula is C20H19ClN2O. The van der Waals surface area contributed by atoms with E-state index in [0.29, 0.717) is 17.4 Å². The van der Waals surface area contributed by atoms with E-state index in [1.807, 2.05) is 62.4 Å². The van der Waals surface area contributed by atoms with E-state index >= 15 is 0 Å². The van der Waals surface area contributed by atoms with E-state index in [0.717, 1.165) is 22.3 Å². The lowest BCUT2D eigenvalue weighted by Crippen LogP contribution is -1.98. The molecule has 0 aliphatic carbocycles. The average molecular weight is 339 g/mol. The van der Waals surface area contributed by atoms with Gasteiger partial charge in [-0.15, -0.1) is 0 Å². The van der Waals surface area contributed by atoms with Crippen LogP contribution in [0.3, 0.4) is 0 Å². The summed E-state index contributed by atoms with van der Waals surface area (Å²) in [6.45, 7) is 4.57. The van der Waals surface area contributed by atoms with Crippen molar-refractivity contribution < 1.29 is 4.74 Å². The number of allylic oxidation sites excluding steroid dienone is 1. The molecule has 1 N–H and O–H groups in total. The Morgan fingerprint density at radius 1 is 1.17 bits per heavy atom. The molecule has 122 valence electrons. The maximum atomic E-state index is 6.22. The number of nitrogens with one attached hydrogen (secondary N) is 1. The van der Waals surface area contributed by atoms with Crippen molar-refractivity contribution in [2.45, 2.75) is 13.8 Å². The first-order valence-electron chi connectivity index (χ1n) is 7.80. The van der Waals surface area contributed by atoms with Gasteiger partial charge in [0.1, 0.15) is 18.2 Å². The summed E-state index contributed by atoms with van der Waals surface area (Å²) in [7, 11) is 0. The molecule has 0 amide bonds. The SMILES string of the molecule is CC(C)=CCOc1cc(Nc2nccc3ccccc23)ccc1Cl. The number of ether oxygens (including phenoxy) is 1. The second-order valence-electron chi connectivity index (χ2n) is 5.74. The Labute approximate surface area is 146 Å². The second-order valence-corrected chi connectivity index (χ2v) is 6.15. The minimum atomic E-state index is 0.498. The van der Waals surface area contributed by atoms with Crippen LogP contribution in [0.2, 0.25) is 5.02 Å². The van der Waals surface area contributed by atoms with Gasteiger partial charge in [-0.25, -0.2) is 4.98 Å². The van der Waals surface area contributed by atoms with Crippen LogP contribution >= 0.6 is 11.6 Å². The van der Waals surface area contributed by atoms with E-state index in [9.17, 15) is 0 Å². The smallest absolute Gasteiger partial charge is 0.140 e. The monoisotopic (exact) mass is 338 g/mol. The Balaban J connectivity index is 1.86. The largest absolute Gasteiger partial charge is 0.488 e. The van der Waals surface area contributed by atoms with Gasteiger partial charge in [-0.3, -0.25) is 0 Å². The lowest BCUT2D eigenvalue weighted by atomic mass is 10.1. The van der Waals surface area contributed by atoms with E-state index < -0.39 is 0 Å². The highest BCUT2D eigenvalue weighted by atomic mass is 35.5. The maximum Gasteiger partial charge on any atom is 0.140 e. The molecule has 0 radical (unpaired) electrons. The molecule has 1 aromatic heterocycles. The topological polar surface area (TPSA) is 34.1 Å². The van der Waals surface area contributed by atoms with Crippen LogP contribution in [0, 0.1) is 0 Å². The van der Waals surface area contributed by atoms with Gasteiger partial charge < -0.3 is 10.1 Å². The van der Waals surface area contributed by atoms with Crippen molar-refractivity contribution in [2.75, 3.05) is 11.9 Å². The number of nitrogens with zero attached hydrogens (tertiary/aromatic N) is 1. The van der Waals surface area contributed by atoms with Gasteiger partial charge in [0.25, 0.3) is 0 Å². The van der Waals surface area contributed by atoms with E-state index in [-0.39, 0.29) is 0 Å². The van der Waals surface area contributed by atoms with Crippen molar-refractivity contribution in [3.05, 3.63) is 71.4 Å². The molecule has 2 aromatic carbocycles. The van der Waals surface area contributed by atoms with Gasteiger partial charge in [-0.05, 0) is 43.5 Å². The highest BCUT2D eigenvalue weighted by molar-refractivity contribution is 6.32. The molecule has 0 saturated heterocycles.